The number of nitrogens with zero attached hydrogens (tertiary/aromatic N) is 1. The first-order chi connectivity index (χ1) is 19.5. The minimum Gasteiger partial charge on any atom is -0.458 e. The summed E-state index contributed by atoms with van der Waals surface area (Å²) >= 11 is 0. The van der Waals surface area contributed by atoms with Gasteiger partial charge in [-0.25, -0.2) is 14.4 Å². The van der Waals surface area contributed by atoms with Crippen LogP contribution in [0.25, 0.3) is 0 Å². The van der Waals surface area contributed by atoms with E-state index in [4.69, 9.17) is 14.2 Å². The van der Waals surface area contributed by atoms with E-state index in [1.807, 2.05) is 26.8 Å². The molecule has 1 aromatic heterocycles. The molecule has 8 nitrogen and oxygen atoms in total. The van der Waals surface area contributed by atoms with Crippen LogP contribution in [0.4, 0.5) is 0 Å². The highest BCUT2D eigenvalue weighted by Crippen LogP contribution is 2.63. The molecule has 1 aromatic carbocycles. The van der Waals surface area contributed by atoms with Gasteiger partial charge in [0.25, 0.3) is 0 Å². The number of hydrogen-bond acceptors (Lipinski definition) is 8. The second-order valence-electron chi connectivity index (χ2n) is 11.6. The first-order valence-electron chi connectivity index (χ1n) is 13.8. The molecule has 1 N–H and O–H groups in total. The van der Waals surface area contributed by atoms with Crippen molar-refractivity contribution in [1.82, 2.24) is 4.98 Å². The maximum absolute atomic E-state index is 13.5. The molecule has 214 valence electrons. The van der Waals surface area contributed by atoms with Gasteiger partial charge in [-0.15, -0.1) is 0 Å². The number of benzene rings is 1. The summed E-state index contributed by atoms with van der Waals surface area (Å²) in [7, 11) is 0. The lowest BCUT2D eigenvalue weighted by molar-refractivity contribution is -0.251. The van der Waals surface area contributed by atoms with Gasteiger partial charge < -0.3 is 19.3 Å². The Kier molecular flexibility index (Phi) is 7.46. The van der Waals surface area contributed by atoms with Crippen LogP contribution >= 0.6 is 0 Å². The van der Waals surface area contributed by atoms with Gasteiger partial charge in [-0.2, -0.15) is 0 Å². The van der Waals surface area contributed by atoms with Crippen molar-refractivity contribution in [3.05, 3.63) is 101 Å². The quantitative estimate of drug-likeness (QED) is 0.300. The summed E-state index contributed by atoms with van der Waals surface area (Å²) in [6, 6.07) is 11.8. The van der Waals surface area contributed by atoms with E-state index in [0.29, 0.717) is 17.6 Å². The molecule has 8 heteroatoms. The Hall–Kier alpha value is -4.04. The highest BCUT2D eigenvalue weighted by molar-refractivity contribution is 5.90. The topological polar surface area (TPSA) is 112 Å². The summed E-state index contributed by atoms with van der Waals surface area (Å²) in [6.45, 7) is 7.71. The zero-order valence-corrected chi connectivity index (χ0v) is 23.7. The van der Waals surface area contributed by atoms with E-state index in [9.17, 15) is 19.5 Å². The van der Waals surface area contributed by atoms with Crippen LogP contribution in [0, 0.1) is 16.7 Å². The lowest BCUT2D eigenvalue weighted by Crippen LogP contribution is -2.72. The fourth-order valence-electron chi connectivity index (χ4n) is 6.71. The minimum absolute atomic E-state index is 0.145. The van der Waals surface area contributed by atoms with Gasteiger partial charge in [0.15, 0.2) is 12.2 Å². The summed E-state index contributed by atoms with van der Waals surface area (Å²) in [4.78, 5) is 42.7. The summed E-state index contributed by atoms with van der Waals surface area (Å²) in [5.41, 5.74) is -1.25. The summed E-state index contributed by atoms with van der Waals surface area (Å²) in [5.74, 6) is -1.89. The molecule has 6 atom stereocenters. The van der Waals surface area contributed by atoms with Crippen LogP contribution in [0.2, 0.25) is 0 Å². The van der Waals surface area contributed by atoms with Crippen LogP contribution in [-0.4, -0.2) is 52.4 Å². The second-order valence-corrected chi connectivity index (χ2v) is 11.6. The summed E-state index contributed by atoms with van der Waals surface area (Å²) in [5, 5.41) is 12.5. The van der Waals surface area contributed by atoms with Gasteiger partial charge in [-0.3, -0.25) is 4.98 Å². The molecule has 41 heavy (non-hydrogen) atoms. The maximum Gasteiger partial charge on any atom is 0.340 e. The Morgan fingerprint density at radius 1 is 1.02 bits per heavy atom. The van der Waals surface area contributed by atoms with Gasteiger partial charge >= 0.3 is 17.9 Å². The normalized spacial score (nSPS) is 32.9. The lowest BCUT2D eigenvalue weighted by Gasteiger charge is -2.64. The molecule has 0 bridgehead atoms. The van der Waals surface area contributed by atoms with Gasteiger partial charge in [-0.1, -0.05) is 55.8 Å². The van der Waals surface area contributed by atoms with Crippen molar-refractivity contribution in [3.8, 4) is 0 Å². The van der Waals surface area contributed by atoms with Crippen molar-refractivity contribution in [2.75, 3.05) is 6.61 Å². The third-order valence-corrected chi connectivity index (χ3v) is 9.42. The van der Waals surface area contributed by atoms with E-state index in [2.05, 4.69) is 11.1 Å². The van der Waals surface area contributed by atoms with Crippen LogP contribution in [0.1, 0.15) is 61.3 Å². The number of esters is 3. The number of cyclic esters (lactones) is 1. The molecule has 3 aliphatic rings. The maximum atomic E-state index is 13.5. The minimum atomic E-state index is -1.69. The smallest absolute Gasteiger partial charge is 0.340 e. The van der Waals surface area contributed by atoms with Crippen LogP contribution in [0.3, 0.4) is 0 Å². The second kappa shape index (κ2) is 10.7. The number of rotatable bonds is 6. The monoisotopic (exact) mass is 557 g/mol. The van der Waals surface area contributed by atoms with Crippen molar-refractivity contribution < 1.29 is 33.7 Å². The average Bonchev–Trinajstić information content (AvgIpc) is 3.39. The zero-order chi connectivity index (χ0) is 29.4. The van der Waals surface area contributed by atoms with Crippen molar-refractivity contribution in [2.45, 2.75) is 58.3 Å². The first-order valence-corrected chi connectivity index (χ1v) is 13.8. The van der Waals surface area contributed by atoms with E-state index in [0.717, 1.165) is 12.0 Å². The lowest BCUT2D eigenvalue weighted by atomic mass is 9.44. The van der Waals surface area contributed by atoms with Crippen LogP contribution in [0.5, 0.6) is 0 Å². The molecule has 0 saturated heterocycles. The Morgan fingerprint density at radius 3 is 2.37 bits per heavy atom. The standard InChI is InChI=1S/C33H35NO7/c1-21-10-8-14-25-31(2,16-15-22-18-26(35)39-20-22)33(4,38)28(41-29(36)23-11-6-5-7-12-23)27(32(21,25)3)40-30(37)24-13-9-17-34-19-24/h5-7,9-13,15-19,25,27-28,38H,8,14,20H2,1-4H3/b16-15-/t25-,27+,28+,31-,32+,33+/m1/s1. The molecule has 5 rings (SSSR count). The van der Waals surface area contributed by atoms with Gasteiger partial charge in [0, 0.05) is 29.3 Å². The number of ether oxygens (including phenoxy) is 3. The third-order valence-electron chi connectivity index (χ3n) is 9.42. The Morgan fingerprint density at radius 2 is 1.71 bits per heavy atom. The fourth-order valence-corrected chi connectivity index (χ4v) is 6.71. The molecule has 0 amide bonds. The molecule has 1 saturated carbocycles. The molecule has 2 aromatic rings. The summed E-state index contributed by atoms with van der Waals surface area (Å²) < 4.78 is 17.5. The Balaban J connectivity index is 1.64. The van der Waals surface area contributed by atoms with Crippen LogP contribution < -0.4 is 0 Å². The van der Waals surface area contributed by atoms with Crippen molar-refractivity contribution in [2.24, 2.45) is 16.7 Å². The van der Waals surface area contributed by atoms with Gasteiger partial charge in [0.1, 0.15) is 12.2 Å². The van der Waals surface area contributed by atoms with Gasteiger partial charge in [0.05, 0.1) is 11.1 Å². The SMILES string of the molecule is CC1=CCC[C@H]2[C@@]1(C)[C@@H](OC(=O)c1cccnc1)[C@H](OC(=O)c1ccccc1)[C@](C)(O)[C@]2(C)/C=C\C1=CC(=O)OC1. The van der Waals surface area contributed by atoms with E-state index >= 15 is 0 Å². The molecular weight excluding hydrogens is 522 g/mol. The highest BCUT2D eigenvalue weighted by Gasteiger charge is 2.69. The Labute approximate surface area is 239 Å². The third kappa shape index (κ3) is 4.90. The van der Waals surface area contributed by atoms with E-state index in [1.165, 1.54) is 12.3 Å². The van der Waals surface area contributed by atoms with Crippen LogP contribution in [-0.2, 0) is 19.0 Å². The molecular formula is C33H35NO7. The van der Waals surface area contributed by atoms with E-state index in [-0.39, 0.29) is 18.1 Å². The van der Waals surface area contributed by atoms with Crippen LogP contribution in [0.15, 0.2) is 90.3 Å². The van der Waals surface area contributed by atoms with Gasteiger partial charge in [-0.05, 0) is 62.4 Å². The van der Waals surface area contributed by atoms with Crippen molar-refractivity contribution in [1.29, 1.82) is 0 Å². The largest absolute Gasteiger partial charge is 0.458 e. The summed E-state index contributed by atoms with van der Waals surface area (Å²) in [6.07, 6.45) is 9.42. The zero-order valence-electron chi connectivity index (χ0n) is 23.7. The van der Waals surface area contributed by atoms with Crippen molar-refractivity contribution in [3.63, 3.8) is 0 Å². The number of fused-ring (bicyclic) bond motifs is 1. The van der Waals surface area contributed by atoms with Crippen molar-refractivity contribution >= 4 is 17.9 Å². The number of carbonyl (C=O) groups is 3. The predicted octanol–water partition coefficient (Wildman–Crippen LogP) is 5.01. The average molecular weight is 558 g/mol. The molecule has 1 fully saturated rings. The first kappa shape index (κ1) is 28.5. The molecule has 2 heterocycles. The van der Waals surface area contributed by atoms with Gasteiger partial charge in [0.2, 0.25) is 0 Å². The number of carbonyl (C=O) groups excluding carboxylic acids is 3. The highest BCUT2D eigenvalue weighted by atomic mass is 16.6. The van der Waals surface area contributed by atoms with E-state index in [1.54, 1.807) is 61.7 Å². The Bertz CT molecular complexity index is 1430. The van der Waals surface area contributed by atoms with E-state index < -0.39 is 46.5 Å². The predicted molar refractivity (Wildman–Crippen MR) is 151 cm³/mol. The fraction of sp³-hybridized carbons (Fsp3) is 0.394. The number of aromatic nitrogens is 1. The molecule has 2 aliphatic carbocycles. The number of aliphatic hydroxyl groups is 1. The number of hydrogen-bond donors (Lipinski definition) is 1. The molecule has 0 unspecified atom stereocenters. The molecule has 0 radical (unpaired) electrons. The molecule has 1 aliphatic heterocycles. The number of allylic oxidation sites excluding steroid dienone is 1. The number of pyridine rings is 1. The molecule has 0 spiro atoms.